The van der Waals surface area contributed by atoms with Crippen molar-refractivity contribution in [3.8, 4) is 0 Å². The van der Waals surface area contributed by atoms with Gasteiger partial charge in [0, 0.05) is 6.10 Å². The monoisotopic (exact) mass is 582 g/mol. The van der Waals surface area contributed by atoms with Gasteiger partial charge in [-0.05, 0) is 52.7 Å². The van der Waals surface area contributed by atoms with E-state index in [1.807, 2.05) is 0 Å². The summed E-state index contributed by atoms with van der Waals surface area (Å²) < 4.78 is 0. The van der Waals surface area contributed by atoms with Crippen LogP contribution >= 0.6 is 0 Å². The average Bonchev–Trinajstić information content (AvgIpc) is 2.95. The molecule has 0 fully saturated rings. The van der Waals surface area contributed by atoms with E-state index in [2.05, 4.69) is 25.7 Å². The Kier molecular flexibility index (Phi) is 41.9. The minimum Gasteiger partial charge on any atom is -0.394 e. The molecule has 0 unspecified atom stereocenters. The predicted molar refractivity (Wildman–Crippen MR) is 189 cm³/mol. The molecule has 0 bridgehead atoms. The molecule has 0 spiro atoms. The van der Waals surface area contributed by atoms with E-state index in [4.69, 9.17) is 5.11 Å². The first-order valence-electron chi connectivity index (χ1n) is 19.5. The van der Waals surface area contributed by atoms with Gasteiger partial charge in [0.05, 0.1) is 0 Å². The van der Waals surface area contributed by atoms with Gasteiger partial charge in [0.15, 0.2) is 0 Å². The van der Waals surface area contributed by atoms with Gasteiger partial charge < -0.3 is 10.0 Å². The van der Waals surface area contributed by atoms with Crippen molar-refractivity contribution in [3.63, 3.8) is 0 Å². The van der Waals surface area contributed by atoms with Crippen molar-refractivity contribution < 1.29 is 5.11 Å². The Balaban J connectivity index is 0. The van der Waals surface area contributed by atoms with Crippen molar-refractivity contribution in [2.24, 2.45) is 0 Å². The molecule has 0 saturated heterocycles. The van der Waals surface area contributed by atoms with Crippen LogP contribution in [0.1, 0.15) is 227 Å². The van der Waals surface area contributed by atoms with Gasteiger partial charge in [-0.3, -0.25) is 0 Å². The van der Waals surface area contributed by atoms with E-state index in [0.717, 1.165) is 0 Å². The fraction of sp³-hybridized carbons (Fsp3) is 1.00. The van der Waals surface area contributed by atoms with Gasteiger partial charge in [-0.2, -0.15) is 0 Å². The Labute approximate surface area is 262 Å². The Morgan fingerprint density at radius 1 is 0.317 bits per heavy atom. The zero-order chi connectivity index (χ0) is 30.5. The highest BCUT2D eigenvalue weighted by Crippen LogP contribution is 2.14. The summed E-state index contributed by atoms with van der Waals surface area (Å²) in [5.41, 5.74) is 0. The summed E-state index contributed by atoms with van der Waals surface area (Å²) in [6.45, 7) is 14.5. The van der Waals surface area contributed by atoms with Crippen LogP contribution in [0.2, 0.25) is 0 Å². The van der Waals surface area contributed by atoms with Crippen molar-refractivity contribution >= 4 is 0 Å². The Hall–Kier alpha value is -0.0800. The first-order valence-corrected chi connectivity index (χ1v) is 19.5. The topological polar surface area (TPSA) is 23.5 Å². The molecule has 1 N–H and O–H groups in total. The Morgan fingerprint density at radius 2 is 0.463 bits per heavy atom. The molecule has 0 aromatic heterocycles. The van der Waals surface area contributed by atoms with Crippen molar-refractivity contribution in [1.82, 2.24) is 4.90 Å². The molecule has 0 heterocycles. The number of aliphatic hydroxyl groups excluding tert-OH is 1. The van der Waals surface area contributed by atoms with Crippen LogP contribution in [-0.2, 0) is 0 Å². The van der Waals surface area contributed by atoms with E-state index in [-0.39, 0.29) is 6.10 Å². The highest BCUT2D eigenvalue weighted by Gasteiger charge is 2.05. The van der Waals surface area contributed by atoms with E-state index in [1.54, 1.807) is 13.8 Å². The molecular weight excluding hydrogens is 498 g/mol. The second-order valence-electron chi connectivity index (χ2n) is 13.5. The summed E-state index contributed by atoms with van der Waals surface area (Å²) in [4.78, 5) is 2.85. The number of unbranched alkanes of at least 4 members (excludes halogenated alkanes) is 27. The fourth-order valence-corrected chi connectivity index (χ4v) is 5.80. The molecule has 0 saturated carbocycles. The highest BCUT2D eigenvalue weighted by atomic mass is 16.3. The average molecular weight is 582 g/mol. The molecule has 0 radical (unpaired) electrons. The molecule has 0 rings (SSSR count). The summed E-state index contributed by atoms with van der Waals surface area (Å²) in [5, 5.41) is 8.06. The van der Waals surface area contributed by atoms with Crippen LogP contribution in [0.4, 0.5) is 0 Å². The lowest BCUT2D eigenvalue weighted by atomic mass is 10.1. The number of nitrogens with zero attached hydrogens (tertiary/aromatic N) is 1. The third-order valence-electron chi connectivity index (χ3n) is 8.48. The van der Waals surface area contributed by atoms with Crippen LogP contribution in [-0.4, -0.2) is 35.7 Å². The number of hydrogen-bond donors (Lipinski definition) is 1. The molecular formula is C39H83NO. The normalized spacial score (nSPS) is 11.4. The van der Waals surface area contributed by atoms with Gasteiger partial charge in [-0.15, -0.1) is 0 Å². The summed E-state index contributed by atoms with van der Waals surface area (Å²) >= 11 is 0. The van der Waals surface area contributed by atoms with Crippen LogP contribution in [0.15, 0.2) is 0 Å². The van der Waals surface area contributed by atoms with Crippen LogP contribution in [0.25, 0.3) is 0 Å². The second-order valence-corrected chi connectivity index (χ2v) is 13.5. The van der Waals surface area contributed by atoms with E-state index in [9.17, 15) is 0 Å². The third-order valence-corrected chi connectivity index (χ3v) is 8.48. The Morgan fingerprint density at radius 3 is 0.634 bits per heavy atom. The first-order chi connectivity index (χ1) is 20.1. The molecule has 0 aromatic carbocycles. The summed E-state index contributed by atoms with van der Waals surface area (Å²) in [5.74, 6) is 0. The fourth-order valence-electron chi connectivity index (χ4n) is 5.80. The smallest absolute Gasteiger partial charge is 0.0483 e. The lowest BCUT2D eigenvalue weighted by molar-refractivity contribution is 0.216. The largest absolute Gasteiger partial charge is 0.394 e. The first kappa shape index (κ1) is 43.0. The van der Waals surface area contributed by atoms with Crippen LogP contribution in [0, 0.1) is 0 Å². The molecule has 41 heavy (non-hydrogen) atoms. The van der Waals surface area contributed by atoms with Crippen molar-refractivity contribution in [2.45, 2.75) is 233 Å². The SMILES string of the molecule is CC(C)O.CCCCCCCCCCCCN(CCCCCCCCCCCC)CCCCCCCCCCCC. The number of hydrogen-bond acceptors (Lipinski definition) is 2. The van der Waals surface area contributed by atoms with Gasteiger partial charge in [-0.25, -0.2) is 0 Å². The molecule has 2 heteroatoms. The van der Waals surface area contributed by atoms with Crippen molar-refractivity contribution in [1.29, 1.82) is 0 Å². The summed E-state index contributed by atoms with van der Waals surface area (Å²) in [6.07, 6.45) is 43.4. The van der Waals surface area contributed by atoms with Crippen LogP contribution < -0.4 is 0 Å². The highest BCUT2D eigenvalue weighted by molar-refractivity contribution is 4.61. The molecule has 250 valence electrons. The van der Waals surface area contributed by atoms with Crippen LogP contribution in [0.5, 0.6) is 0 Å². The van der Waals surface area contributed by atoms with Gasteiger partial charge in [-0.1, -0.05) is 194 Å². The maximum Gasteiger partial charge on any atom is 0.0483 e. The minimum atomic E-state index is -0.167. The molecule has 0 aliphatic rings. The molecule has 0 aliphatic carbocycles. The summed E-state index contributed by atoms with van der Waals surface area (Å²) in [7, 11) is 0. The third kappa shape index (κ3) is 44.5. The Bertz CT molecular complexity index is 364. The van der Waals surface area contributed by atoms with Crippen molar-refractivity contribution in [3.05, 3.63) is 0 Å². The minimum absolute atomic E-state index is 0.167. The van der Waals surface area contributed by atoms with Gasteiger partial charge in [0.2, 0.25) is 0 Å². The van der Waals surface area contributed by atoms with Crippen LogP contribution in [0.3, 0.4) is 0 Å². The molecule has 0 amide bonds. The molecule has 0 atom stereocenters. The zero-order valence-corrected chi connectivity index (χ0v) is 29.8. The van der Waals surface area contributed by atoms with Gasteiger partial charge in [0.25, 0.3) is 0 Å². The predicted octanol–water partition coefficient (Wildman–Crippen LogP) is 13.4. The molecule has 0 aliphatic heterocycles. The van der Waals surface area contributed by atoms with E-state index >= 15 is 0 Å². The second kappa shape index (κ2) is 39.9. The number of aliphatic hydroxyl groups is 1. The lowest BCUT2D eigenvalue weighted by Crippen LogP contribution is -2.27. The van der Waals surface area contributed by atoms with Gasteiger partial charge in [0.1, 0.15) is 0 Å². The maximum atomic E-state index is 8.06. The quantitative estimate of drug-likeness (QED) is 0.0779. The summed E-state index contributed by atoms with van der Waals surface area (Å²) in [6, 6.07) is 0. The number of rotatable bonds is 33. The molecule has 2 nitrogen and oxygen atoms in total. The lowest BCUT2D eigenvalue weighted by Gasteiger charge is -2.22. The molecule has 0 aromatic rings. The van der Waals surface area contributed by atoms with E-state index < -0.39 is 0 Å². The van der Waals surface area contributed by atoms with E-state index in [0.29, 0.717) is 0 Å². The van der Waals surface area contributed by atoms with Gasteiger partial charge >= 0.3 is 0 Å². The van der Waals surface area contributed by atoms with Crippen molar-refractivity contribution in [2.75, 3.05) is 19.6 Å². The zero-order valence-electron chi connectivity index (χ0n) is 29.8. The standard InChI is InChI=1S/C36H75N.C3H8O/c1-4-7-10-13-16-19-22-25-28-31-34-37(35-32-29-26-23-20-17-14-11-8-5-2)36-33-30-27-24-21-18-15-12-9-6-3;1-3(2)4/h4-36H2,1-3H3;3-4H,1-2H3. The van der Waals surface area contributed by atoms with E-state index in [1.165, 1.54) is 212 Å². The maximum absolute atomic E-state index is 8.06.